The molecule has 0 saturated carbocycles. The first-order valence-corrected chi connectivity index (χ1v) is 32.7. The highest BCUT2D eigenvalue weighted by Gasteiger charge is 2.19. The summed E-state index contributed by atoms with van der Waals surface area (Å²) in [5.41, 5.74) is 0. The Morgan fingerprint density at radius 1 is 0.264 bits per heavy atom. The van der Waals surface area contributed by atoms with E-state index >= 15 is 0 Å². The first-order chi connectivity index (χ1) is 35.5. The molecule has 1 unspecified atom stereocenters. The van der Waals surface area contributed by atoms with E-state index in [-0.39, 0.29) is 31.1 Å². The molecule has 0 aromatic carbocycles. The van der Waals surface area contributed by atoms with E-state index in [0.717, 1.165) is 57.8 Å². The molecule has 72 heavy (non-hydrogen) atoms. The van der Waals surface area contributed by atoms with Gasteiger partial charge < -0.3 is 14.2 Å². The second-order valence-corrected chi connectivity index (χ2v) is 22.4. The normalized spacial score (nSPS) is 12.0. The van der Waals surface area contributed by atoms with Crippen molar-refractivity contribution in [3.05, 3.63) is 12.2 Å². The number of esters is 3. The number of hydrogen-bond donors (Lipinski definition) is 0. The molecule has 1 atom stereocenters. The molecule has 0 radical (unpaired) electrons. The third-order valence-corrected chi connectivity index (χ3v) is 15.0. The Morgan fingerprint density at radius 2 is 0.458 bits per heavy atom. The number of allylic oxidation sites excluding steroid dienone is 2. The lowest BCUT2D eigenvalue weighted by Crippen LogP contribution is -2.30. The van der Waals surface area contributed by atoms with Crippen LogP contribution in [0.5, 0.6) is 0 Å². The van der Waals surface area contributed by atoms with Gasteiger partial charge in [-0.3, -0.25) is 14.4 Å². The van der Waals surface area contributed by atoms with Crippen LogP contribution in [0.4, 0.5) is 0 Å². The molecule has 0 heterocycles. The van der Waals surface area contributed by atoms with Crippen molar-refractivity contribution in [2.75, 3.05) is 13.2 Å². The molecule has 0 fully saturated rings. The fourth-order valence-electron chi connectivity index (χ4n) is 10.1. The highest BCUT2D eigenvalue weighted by Crippen LogP contribution is 2.18. The number of carbonyl (C=O) groups is 3. The van der Waals surface area contributed by atoms with Gasteiger partial charge in [-0.1, -0.05) is 322 Å². The zero-order valence-electron chi connectivity index (χ0n) is 49.0. The third kappa shape index (κ3) is 59.0. The van der Waals surface area contributed by atoms with Gasteiger partial charge in [0, 0.05) is 19.3 Å². The highest BCUT2D eigenvalue weighted by atomic mass is 16.6. The number of unbranched alkanes of at least 4 members (excludes halogenated alkanes) is 48. The monoisotopic (exact) mass is 1010 g/mol. The van der Waals surface area contributed by atoms with Gasteiger partial charge in [-0.2, -0.15) is 0 Å². The molecule has 6 nitrogen and oxygen atoms in total. The molecular formula is C66H126O6. The van der Waals surface area contributed by atoms with Crippen LogP contribution in [-0.2, 0) is 28.6 Å². The second-order valence-electron chi connectivity index (χ2n) is 22.4. The lowest BCUT2D eigenvalue weighted by Gasteiger charge is -2.18. The average Bonchev–Trinajstić information content (AvgIpc) is 3.38. The largest absolute Gasteiger partial charge is 0.462 e. The van der Waals surface area contributed by atoms with Gasteiger partial charge in [0.15, 0.2) is 6.10 Å². The van der Waals surface area contributed by atoms with Crippen molar-refractivity contribution in [2.24, 2.45) is 0 Å². The first-order valence-electron chi connectivity index (χ1n) is 32.7. The topological polar surface area (TPSA) is 78.9 Å². The minimum atomic E-state index is -0.768. The molecule has 0 aromatic heterocycles. The SMILES string of the molecule is CCCCCCCC/C=C\CCCCCCCCCC(=O)OC(COC(=O)CCCCCCCCCCCCCCCC)COC(=O)CCCCCCCCCCCCCCCCCCCCCCCCC. The lowest BCUT2D eigenvalue weighted by molar-refractivity contribution is -0.167. The Kier molecular flexibility index (Phi) is 60.1. The fourth-order valence-corrected chi connectivity index (χ4v) is 10.1. The summed E-state index contributed by atoms with van der Waals surface area (Å²) in [6.45, 7) is 6.71. The standard InChI is InChI=1S/C66H126O6/c1-4-7-10-13-16-19-22-25-28-30-31-32-33-34-35-37-38-41-44-47-50-53-56-59-65(68)71-62-63(61-70-64(67)58-55-52-49-46-43-40-27-24-21-18-15-12-9-6-3)72-66(69)60-57-54-51-48-45-42-39-36-29-26-23-20-17-14-11-8-5-2/h26,29,63H,4-25,27-28,30-62H2,1-3H3/b29-26-. The summed E-state index contributed by atoms with van der Waals surface area (Å²) in [7, 11) is 0. The molecule has 0 aliphatic heterocycles. The van der Waals surface area contributed by atoms with E-state index in [1.54, 1.807) is 0 Å². The van der Waals surface area contributed by atoms with Crippen LogP contribution in [0.2, 0.25) is 0 Å². The van der Waals surface area contributed by atoms with E-state index in [1.807, 2.05) is 0 Å². The molecule has 0 rings (SSSR count). The zero-order valence-corrected chi connectivity index (χ0v) is 49.0. The first kappa shape index (κ1) is 70.1. The number of ether oxygens (including phenoxy) is 3. The van der Waals surface area contributed by atoms with Crippen LogP contribution >= 0.6 is 0 Å². The minimum Gasteiger partial charge on any atom is -0.462 e. The number of rotatable bonds is 61. The molecule has 0 N–H and O–H groups in total. The van der Waals surface area contributed by atoms with Crippen LogP contribution in [0.15, 0.2) is 12.2 Å². The van der Waals surface area contributed by atoms with Crippen molar-refractivity contribution < 1.29 is 28.6 Å². The number of hydrogen-bond acceptors (Lipinski definition) is 6. The Balaban J connectivity index is 4.24. The van der Waals surface area contributed by atoms with Crippen molar-refractivity contribution in [1.29, 1.82) is 0 Å². The molecular weight excluding hydrogens is 889 g/mol. The Hall–Kier alpha value is -1.85. The van der Waals surface area contributed by atoms with Crippen molar-refractivity contribution in [3.63, 3.8) is 0 Å². The fraction of sp³-hybridized carbons (Fsp3) is 0.924. The Morgan fingerprint density at radius 3 is 0.694 bits per heavy atom. The van der Waals surface area contributed by atoms with Crippen molar-refractivity contribution in [2.45, 2.75) is 380 Å². The van der Waals surface area contributed by atoms with Gasteiger partial charge in [-0.15, -0.1) is 0 Å². The maximum Gasteiger partial charge on any atom is 0.306 e. The summed E-state index contributed by atoms with van der Waals surface area (Å²) >= 11 is 0. The summed E-state index contributed by atoms with van der Waals surface area (Å²) in [6.07, 6.45) is 72.2. The highest BCUT2D eigenvalue weighted by molar-refractivity contribution is 5.71. The van der Waals surface area contributed by atoms with E-state index < -0.39 is 6.10 Å². The Bertz CT molecular complexity index is 1120. The maximum atomic E-state index is 12.9. The van der Waals surface area contributed by atoms with Crippen molar-refractivity contribution >= 4 is 17.9 Å². The van der Waals surface area contributed by atoms with Crippen molar-refractivity contribution in [1.82, 2.24) is 0 Å². The smallest absolute Gasteiger partial charge is 0.306 e. The van der Waals surface area contributed by atoms with E-state index in [2.05, 4.69) is 32.9 Å². The maximum absolute atomic E-state index is 12.9. The van der Waals surface area contributed by atoms with Gasteiger partial charge in [0.2, 0.25) is 0 Å². The summed E-state index contributed by atoms with van der Waals surface area (Å²) in [5.74, 6) is -0.838. The molecule has 0 amide bonds. The molecule has 0 aliphatic rings. The molecule has 0 bridgehead atoms. The van der Waals surface area contributed by atoms with Gasteiger partial charge >= 0.3 is 17.9 Å². The summed E-state index contributed by atoms with van der Waals surface area (Å²) < 4.78 is 17.0. The van der Waals surface area contributed by atoms with Gasteiger partial charge in [0.1, 0.15) is 13.2 Å². The van der Waals surface area contributed by atoms with Gasteiger partial charge in [-0.25, -0.2) is 0 Å². The third-order valence-electron chi connectivity index (χ3n) is 15.0. The van der Waals surface area contributed by atoms with Gasteiger partial charge in [0.05, 0.1) is 0 Å². The summed E-state index contributed by atoms with van der Waals surface area (Å²) in [4.78, 5) is 38.3. The van der Waals surface area contributed by atoms with E-state index in [4.69, 9.17) is 14.2 Å². The average molecular weight is 1020 g/mol. The van der Waals surface area contributed by atoms with Gasteiger partial charge in [0.25, 0.3) is 0 Å². The van der Waals surface area contributed by atoms with Crippen molar-refractivity contribution in [3.8, 4) is 0 Å². The summed E-state index contributed by atoms with van der Waals surface area (Å²) in [5, 5.41) is 0. The lowest BCUT2D eigenvalue weighted by atomic mass is 10.0. The zero-order chi connectivity index (χ0) is 52.2. The molecule has 0 spiro atoms. The predicted octanol–water partition coefficient (Wildman–Crippen LogP) is 22.1. The van der Waals surface area contributed by atoms with E-state index in [9.17, 15) is 14.4 Å². The van der Waals surface area contributed by atoms with Crippen LogP contribution in [0.1, 0.15) is 374 Å². The predicted molar refractivity (Wildman–Crippen MR) is 312 cm³/mol. The second kappa shape index (κ2) is 61.7. The molecule has 426 valence electrons. The van der Waals surface area contributed by atoms with Crippen LogP contribution < -0.4 is 0 Å². The van der Waals surface area contributed by atoms with Crippen LogP contribution in [0.3, 0.4) is 0 Å². The van der Waals surface area contributed by atoms with Gasteiger partial charge in [-0.05, 0) is 44.9 Å². The molecule has 6 heteroatoms. The van der Waals surface area contributed by atoms with Crippen LogP contribution in [0.25, 0.3) is 0 Å². The molecule has 0 aromatic rings. The summed E-state index contributed by atoms with van der Waals surface area (Å²) in [6, 6.07) is 0. The Labute approximate surface area is 450 Å². The van der Waals surface area contributed by atoms with Crippen LogP contribution in [-0.4, -0.2) is 37.2 Å². The van der Waals surface area contributed by atoms with Crippen LogP contribution in [0, 0.1) is 0 Å². The number of carbonyl (C=O) groups excluding carboxylic acids is 3. The molecule has 0 saturated heterocycles. The molecule has 0 aliphatic carbocycles. The van der Waals surface area contributed by atoms with E-state index in [1.165, 1.54) is 276 Å². The quantitative estimate of drug-likeness (QED) is 0.0261. The van der Waals surface area contributed by atoms with E-state index in [0.29, 0.717) is 19.3 Å². The minimum absolute atomic E-state index is 0.0652.